The van der Waals surface area contributed by atoms with Crippen LogP contribution < -0.4 is 11.1 Å². The largest absolute Gasteiger partial charge is 0.397 e. The van der Waals surface area contributed by atoms with Crippen LogP contribution in [0.1, 0.15) is 38.2 Å². The monoisotopic (exact) mass is 204 g/mol. The Kier molecular flexibility index (Phi) is 2.59. The van der Waals surface area contributed by atoms with Crippen molar-refractivity contribution in [3.05, 3.63) is 23.8 Å². The van der Waals surface area contributed by atoms with E-state index >= 15 is 0 Å². The number of hydrogen-bond acceptors (Lipinski definition) is 2. The lowest BCUT2D eigenvalue weighted by molar-refractivity contribution is 0.533. The van der Waals surface area contributed by atoms with Crippen LogP contribution in [-0.4, -0.2) is 5.54 Å². The standard InChI is InChI=1S/C13H20N2/c1-10-5-6-12(11(14)9-10)15-13(2)7-3-4-8-13/h5-6,9,15H,3-4,7-8,14H2,1-2H3. The second kappa shape index (κ2) is 3.76. The molecule has 0 aliphatic heterocycles. The molecule has 1 saturated carbocycles. The molecule has 1 aromatic rings. The average Bonchev–Trinajstić information content (AvgIpc) is 2.58. The van der Waals surface area contributed by atoms with E-state index in [4.69, 9.17) is 5.73 Å². The van der Waals surface area contributed by atoms with E-state index in [1.165, 1.54) is 31.2 Å². The van der Waals surface area contributed by atoms with Gasteiger partial charge in [-0.15, -0.1) is 0 Å². The number of anilines is 2. The summed E-state index contributed by atoms with van der Waals surface area (Å²) in [4.78, 5) is 0. The fraction of sp³-hybridized carbons (Fsp3) is 0.538. The number of aryl methyl sites for hydroxylation is 1. The zero-order valence-corrected chi connectivity index (χ0v) is 9.64. The lowest BCUT2D eigenvalue weighted by atomic mass is 10.00. The first kappa shape index (κ1) is 10.3. The molecule has 15 heavy (non-hydrogen) atoms. The summed E-state index contributed by atoms with van der Waals surface area (Å²) in [5.41, 5.74) is 9.42. The van der Waals surface area contributed by atoms with Gasteiger partial charge in [0.1, 0.15) is 0 Å². The van der Waals surface area contributed by atoms with E-state index in [-0.39, 0.29) is 5.54 Å². The van der Waals surface area contributed by atoms with Crippen LogP contribution in [-0.2, 0) is 0 Å². The van der Waals surface area contributed by atoms with Crippen LogP contribution in [0.5, 0.6) is 0 Å². The van der Waals surface area contributed by atoms with Gasteiger partial charge in [0, 0.05) is 5.54 Å². The summed E-state index contributed by atoms with van der Waals surface area (Å²) < 4.78 is 0. The second-order valence-corrected chi connectivity index (χ2v) is 4.98. The van der Waals surface area contributed by atoms with Gasteiger partial charge >= 0.3 is 0 Å². The van der Waals surface area contributed by atoms with Crippen molar-refractivity contribution in [2.24, 2.45) is 0 Å². The molecule has 0 spiro atoms. The molecular formula is C13H20N2. The minimum Gasteiger partial charge on any atom is -0.397 e. The third-order valence-corrected chi connectivity index (χ3v) is 3.35. The number of nitrogens with one attached hydrogen (secondary N) is 1. The highest BCUT2D eigenvalue weighted by molar-refractivity contribution is 5.67. The number of nitrogen functional groups attached to an aromatic ring is 1. The number of benzene rings is 1. The number of hydrogen-bond donors (Lipinski definition) is 2. The van der Waals surface area contributed by atoms with Crippen molar-refractivity contribution in [3.63, 3.8) is 0 Å². The fourth-order valence-electron chi connectivity index (χ4n) is 2.40. The Bertz CT molecular complexity index is 352. The summed E-state index contributed by atoms with van der Waals surface area (Å²) in [6.07, 6.45) is 5.16. The van der Waals surface area contributed by atoms with E-state index in [0.717, 1.165) is 11.4 Å². The summed E-state index contributed by atoms with van der Waals surface area (Å²) in [5, 5.41) is 3.59. The first-order valence-electron chi connectivity index (χ1n) is 5.73. The van der Waals surface area contributed by atoms with Gasteiger partial charge in [-0.3, -0.25) is 0 Å². The van der Waals surface area contributed by atoms with Crippen LogP contribution in [0.25, 0.3) is 0 Å². The Morgan fingerprint density at radius 1 is 1.27 bits per heavy atom. The number of nitrogens with two attached hydrogens (primary N) is 1. The van der Waals surface area contributed by atoms with Gasteiger partial charge in [-0.25, -0.2) is 0 Å². The lowest BCUT2D eigenvalue weighted by Gasteiger charge is -2.27. The van der Waals surface area contributed by atoms with Gasteiger partial charge in [-0.2, -0.15) is 0 Å². The summed E-state index contributed by atoms with van der Waals surface area (Å²) in [5.74, 6) is 0. The van der Waals surface area contributed by atoms with E-state index in [9.17, 15) is 0 Å². The molecule has 0 unspecified atom stereocenters. The summed E-state index contributed by atoms with van der Waals surface area (Å²) in [7, 11) is 0. The van der Waals surface area contributed by atoms with E-state index in [0.29, 0.717) is 0 Å². The van der Waals surface area contributed by atoms with Crippen LogP contribution in [0.15, 0.2) is 18.2 Å². The van der Waals surface area contributed by atoms with Crippen molar-refractivity contribution < 1.29 is 0 Å². The summed E-state index contributed by atoms with van der Waals surface area (Å²) in [6, 6.07) is 6.23. The maximum atomic E-state index is 6.00. The molecule has 0 radical (unpaired) electrons. The normalized spacial score (nSPS) is 19.1. The van der Waals surface area contributed by atoms with E-state index in [1.54, 1.807) is 0 Å². The Morgan fingerprint density at radius 3 is 2.53 bits per heavy atom. The van der Waals surface area contributed by atoms with Crippen molar-refractivity contribution in [1.29, 1.82) is 0 Å². The van der Waals surface area contributed by atoms with E-state index in [2.05, 4.69) is 31.3 Å². The zero-order valence-electron chi connectivity index (χ0n) is 9.64. The van der Waals surface area contributed by atoms with Crippen molar-refractivity contribution in [1.82, 2.24) is 0 Å². The molecule has 82 valence electrons. The van der Waals surface area contributed by atoms with Crippen LogP contribution in [0.2, 0.25) is 0 Å². The Labute approximate surface area is 91.9 Å². The molecule has 1 aliphatic carbocycles. The van der Waals surface area contributed by atoms with Gasteiger partial charge in [0.05, 0.1) is 11.4 Å². The zero-order chi connectivity index (χ0) is 10.9. The third-order valence-electron chi connectivity index (χ3n) is 3.35. The molecule has 0 atom stereocenters. The van der Waals surface area contributed by atoms with E-state index < -0.39 is 0 Å². The molecule has 0 heterocycles. The molecule has 0 aromatic heterocycles. The maximum absolute atomic E-state index is 6.00. The molecular weight excluding hydrogens is 184 g/mol. The topological polar surface area (TPSA) is 38.0 Å². The van der Waals surface area contributed by atoms with Crippen LogP contribution in [0.3, 0.4) is 0 Å². The summed E-state index contributed by atoms with van der Waals surface area (Å²) >= 11 is 0. The highest BCUT2D eigenvalue weighted by Crippen LogP contribution is 2.34. The first-order chi connectivity index (χ1) is 7.09. The Morgan fingerprint density at radius 2 is 1.93 bits per heavy atom. The van der Waals surface area contributed by atoms with Crippen molar-refractivity contribution in [2.75, 3.05) is 11.1 Å². The van der Waals surface area contributed by atoms with Gasteiger partial charge in [0.15, 0.2) is 0 Å². The van der Waals surface area contributed by atoms with Gasteiger partial charge in [0.25, 0.3) is 0 Å². The minimum atomic E-state index is 0.253. The van der Waals surface area contributed by atoms with Crippen molar-refractivity contribution in [2.45, 2.75) is 45.1 Å². The van der Waals surface area contributed by atoms with Gasteiger partial charge in [-0.05, 0) is 44.4 Å². The predicted octanol–water partition coefficient (Wildman–Crippen LogP) is 3.32. The van der Waals surface area contributed by atoms with Crippen LogP contribution >= 0.6 is 0 Å². The molecule has 1 aliphatic rings. The van der Waals surface area contributed by atoms with Crippen molar-refractivity contribution >= 4 is 11.4 Å². The molecule has 2 heteroatoms. The molecule has 1 aromatic carbocycles. The van der Waals surface area contributed by atoms with Crippen LogP contribution in [0, 0.1) is 6.92 Å². The van der Waals surface area contributed by atoms with Gasteiger partial charge in [0.2, 0.25) is 0 Å². The first-order valence-corrected chi connectivity index (χ1v) is 5.73. The summed E-state index contributed by atoms with van der Waals surface area (Å²) in [6.45, 7) is 4.36. The van der Waals surface area contributed by atoms with E-state index in [1.807, 2.05) is 6.07 Å². The Balaban J connectivity index is 2.16. The highest BCUT2D eigenvalue weighted by atomic mass is 15.0. The molecule has 3 N–H and O–H groups in total. The molecule has 0 saturated heterocycles. The predicted molar refractivity (Wildman–Crippen MR) is 66.1 cm³/mol. The minimum absolute atomic E-state index is 0.253. The van der Waals surface area contributed by atoms with Gasteiger partial charge < -0.3 is 11.1 Å². The average molecular weight is 204 g/mol. The van der Waals surface area contributed by atoms with Crippen molar-refractivity contribution in [3.8, 4) is 0 Å². The second-order valence-electron chi connectivity index (χ2n) is 4.98. The Hall–Kier alpha value is -1.18. The molecule has 0 bridgehead atoms. The molecule has 0 amide bonds. The molecule has 2 rings (SSSR count). The smallest absolute Gasteiger partial charge is 0.0578 e. The fourth-order valence-corrected chi connectivity index (χ4v) is 2.40. The highest BCUT2D eigenvalue weighted by Gasteiger charge is 2.28. The maximum Gasteiger partial charge on any atom is 0.0578 e. The molecule has 2 nitrogen and oxygen atoms in total. The van der Waals surface area contributed by atoms with Gasteiger partial charge in [-0.1, -0.05) is 18.9 Å². The van der Waals surface area contributed by atoms with Crippen LogP contribution in [0.4, 0.5) is 11.4 Å². The quantitative estimate of drug-likeness (QED) is 0.725. The third kappa shape index (κ3) is 2.25. The lowest BCUT2D eigenvalue weighted by Crippen LogP contribution is -2.31. The molecule has 1 fully saturated rings. The SMILES string of the molecule is Cc1ccc(NC2(C)CCCC2)c(N)c1. The number of rotatable bonds is 2.